The zero-order valence-electron chi connectivity index (χ0n) is 9.78. The quantitative estimate of drug-likeness (QED) is 0.756. The first-order valence-corrected chi connectivity index (χ1v) is 6.83. The second kappa shape index (κ2) is 6.14. The molecule has 0 radical (unpaired) electrons. The van der Waals surface area contributed by atoms with Crippen LogP contribution in [0.3, 0.4) is 0 Å². The Morgan fingerprint density at radius 2 is 2.53 bits per heavy atom. The normalized spacial score (nSPS) is 19.6. The molecule has 1 saturated heterocycles. The second-order valence-electron chi connectivity index (χ2n) is 4.27. The van der Waals surface area contributed by atoms with Crippen molar-refractivity contribution in [2.75, 3.05) is 13.2 Å². The highest BCUT2D eigenvalue weighted by Crippen LogP contribution is 2.16. The molecule has 94 valence electrons. The average molecular weight is 254 g/mol. The Labute approximate surface area is 105 Å². The van der Waals surface area contributed by atoms with Crippen molar-refractivity contribution in [1.82, 2.24) is 5.32 Å². The fraction of sp³-hybridized carbons (Fsp3) is 0.583. The average Bonchev–Trinajstić information content (AvgIpc) is 2.96. The third kappa shape index (κ3) is 3.80. The van der Waals surface area contributed by atoms with Gasteiger partial charge in [0.2, 0.25) is 5.91 Å². The summed E-state index contributed by atoms with van der Waals surface area (Å²) in [6.45, 7) is 2.66. The minimum absolute atomic E-state index is 0.355. The van der Waals surface area contributed by atoms with Gasteiger partial charge in [0.25, 0.3) is 0 Å². The summed E-state index contributed by atoms with van der Waals surface area (Å²) in [5, 5.41) is 5.16. The molecule has 0 aliphatic carbocycles. The molecule has 1 aliphatic heterocycles. The predicted molar refractivity (Wildman–Crippen MR) is 68.1 cm³/mol. The van der Waals surface area contributed by atoms with Crippen LogP contribution in [-0.2, 0) is 11.3 Å². The Bertz CT molecular complexity index is 372. The molecule has 1 amide bonds. The standard InChI is InChI=1S/C12H18N2O2S/c13-12(15)9-6-11(17-8-9)7-14-4-3-10-2-1-5-16-10/h6,8,10,14H,1-5,7H2,(H2,13,15). The van der Waals surface area contributed by atoms with E-state index in [1.165, 1.54) is 12.8 Å². The molecule has 0 spiro atoms. The summed E-state index contributed by atoms with van der Waals surface area (Å²) in [6.07, 6.45) is 3.88. The van der Waals surface area contributed by atoms with Crippen LogP contribution < -0.4 is 11.1 Å². The molecule has 2 heterocycles. The number of nitrogens with two attached hydrogens (primary N) is 1. The van der Waals surface area contributed by atoms with Gasteiger partial charge < -0.3 is 15.8 Å². The Morgan fingerprint density at radius 1 is 1.65 bits per heavy atom. The van der Waals surface area contributed by atoms with Crippen molar-refractivity contribution in [1.29, 1.82) is 0 Å². The highest BCUT2D eigenvalue weighted by Gasteiger charge is 2.14. The number of carbonyl (C=O) groups excluding carboxylic acids is 1. The van der Waals surface area contributed by atoms with Crippen molar-refractivity contribution in [3.8, 4) is 0 Å². The molecule has 0 bridgehead atoms. The minimum atomic E-state index is -0.355. The fourth-order valence-corrected chi connectivity index (χ4v) is 2.79. The molecule has 2 rings (SSSR count). The summed E-state index contributed by atoms with van der Waals surface area (Å²) >= 11 is 1.57. The number of amides is 1. The lowest BCUT2D eigenvalue weighted by molar-refractivity contribution is 0.100. The van der Waals surface area contributed by atoms with E-state index in [2.05, 4.69) is 5.32 Å². The van der Waals surface area contributed by atoms with Crippen LogP contribution in [0.2, 0.25) is 0 Å². The smallest absolute Gasteiger partial charge is 0.249 e. The van der Waals surface area contributed by atoms with Gasteiger partial charge in [-0.15, -0.1) is 11.3 Å². The predicted octanol–water partition coefficient (Wildman–Crippen LogP) is 1.51. The van der Waals surface area contributed by atoms with Gasteiger partial charge in [-0.05, 0) is 31.9 Å². The molecular formula is C12H18N2O2S. The maximum Gasteiger partial charge on any atom is 0.249 e. The van der Waals surface area contributed by atoms with E-state index in [0.29, 0.717) is 11.7 Å². The lowest BCUT2D eigenvalue weighted by Gasteiger charge is -2.09. The molecule has 1 atom stereocenters. The Balaban J connectivity index is 1.65. The molecule has 1 aromatic heterocycles. The lowest BCUT2D eigenvalue weighted by atomic mass is 10.2. The van der Waals surface area contributed by atoms with Crippen molar-refractivity contribution < 1.29 is 9.53 Å². The third-order valence-electron chi connectivity index (χ3n) is 2.90. The molecule has 1 aromatic rings. The van der Waals surface area contributed by atoms with Gasteiger partial charge in [-0.2, -0.15) is 0 Å². The number of rotatable bonds is 6. The number of thiophene rings is 1. The fourth-order valence-electron chi connectivity index (χ4n) is 1.95. The van der Waals surface area contributed by atoms with Gasteiger partial charge in [0.15, 0.2) is 0 Å². The number of nitrogens with one attached hydrogen (secondary N) is 1. The van der Waals surface area contributed by atoms with E-state index >= 15 is 0 Å². The highest BCUT2D eigenvalue weighted by molar-refractivity contribution is 7.10. The first-order chi connectivity index (χ1) is 8.25. The van der Waals surface area contributed by atoms with Crippen LogP contribution in [0.1, 0.15) is 34.5 Å². The van der Waals surface area contributed by atoms with E-state index in [1.54, 1.807) is 16.7 Å². The highest BCUT2D eigenvalue weighted by atomic mass is 32.1. The molecule has 1 aliphatic rings. The van der Waals surface area contributed by atoms with Crippen molar-refractivity contribution in [3.05, 3.63) is 21.9 Å². The van der Waals surface area contributed by atoms with Gasteiger partial charge in [-0.1, -0.05) is 0 Å². The summed E-state index contributed by atoms with van der Waals surface area (Å²) in [4.78, 5) is 12.1. The molecule has 1 fully saturated rings. The zero-order valence-corrected chi connectivity index (χ0v) is 10.6. The van der Waals surface area contributed by atoms with Crippen LogP contribution in [0, 0.1) is 0 Å². The van der Waals surface area contributed by atoms with E-state index in [4.69, 9.17) is 10.5 Å². The molecular weight excluding hydrogens is 236 g/mol. The van der Waals surface area contributed by atoms with Crippen LogP contribution in [0.15, 0.2) is 11.4 Å². The van der Waals surface area contributed by atoms with E-state index in [1.807, 2.05) is 6.07 Å². The first kappa shape index (κ1) is 12.5. The van der Waals surface area contributed by atoms with Gasteiger partial charge in [0.05, 0.1) is 11.7 Å². The SMILES string of the molecule is NC(=O)c1csc(CNCCC2CCCO2)c1. The summed E-state index contributed by atoms with van der Waals surface area (Å²) in [6, 6.07) is 1.85. The monoisotopic (exact) mass is 254 g/mol. The molecule has 1 unspecified atom stereocenters. The van der Waals surface area contributed by atoms with Gasteiger partial charge >= 0.3 is 0 Å². The maximum absolute atomic E-state index is 10.9. The zero-order chi connectivity index (χ0) is 12.1. The minimum Gasteiger partial charge on any atom is -0.378 e. The largest absolute Gasteiger partial charge is 0.378 e. The van der Waals surface area contributed by atoms with Crippen molar-refractivity contribution in [2.45, 2.75) is 31.9 Å². The summed E-state index contributed by atoms with van der Waals surface area (Å²) in [5.41, 5.74) is 5.80. The Hall–Kier alpha value is -0.910. The molecule has 17 heavy (non-hydrogen) atoms. The van der Waals surface area contributed by atoms with Crippen LogP contribution >= 0.6 is 11.3 Å². The molecule has 0 aromatic carbocycles. The number of primary amides is 1. The maximum atomic E-state index is 10.9. The van der Waals surface area contributed by atoms with E-state index in [0.717, 1.165) is 31.0 Å². The number of hydrogen-bond acceptors (Lipinski definition) is 4. The number of carbonyl (C=O) groups is 1. The van der Waals surface area contributed by atoms with Gasteiger partial charge in [0, 0.05) is 23.4 Å². The van der Waals surface area contributed by atoms with Crippen LogP contribution in [0.5, 0.6) is 0 Å². The van der Waals surface area contributed by atoms with E-state index < -0.39 is 0 Å². The van der Waals surface area contributed by atoms with Gasteiger partial charge in [0.1, 0.15) is 0 Å². The molecule has 0 saturated carbocycles. The van der Waals surface area contributed by atoms with Crippen molar-refractivity contribution in [2.24, 2.45) is 5.73 Å². The van der Waals surface area contributed by atoms with E-state index in [9.17, 15) is 4.79 Å². The van der Waals surface area contributed by atoms with Gasteiger partial charge in [-0.3, -0.25) is 4.79 Å². The van der Waals surface area contributed by atoms with Crippen LogP contribution in [-0.4, -0.2) is 25.2 Å². The summed E-state index contributed by atoms with van der Waals surface area (Å²) in [5.74, 6) is -0.355. The number of ether oxygens (including phenoxy) is 1. The number of hydrogen-bond donors (Lipinski definition) is 2. The Kier molecular flexibility index (Phi) is 4.53. The Morgan fingerprint density at radius 3 is 3.18 bits per heavy atom. The summed E-state index contributed by atoms with van der Waals surface area (Å²) in [7, 11) is 0. The first-order valence-electron chi connectivity index (χ1n) is 5.95. The van der Waals surface area contributed by atoms with Crippen LogP contribution in [0.4, 0.5) is 0 Å². The molecule has 5 heteroatoms. The van der Waals surface area contributed by atoms with Crippen molar-refractivity contribution in [3.63, 3.8) is 0 Å². The third-order valence-corrected chi connectivity index (χ3v) is 3.84. The topological polar surface area (TPSA) is 64.4 Å². The summed E-state index contributed by atoms with van der Waals surface area (Å²) < 4.78 is 5.54. The van der Waals surface area contributed by atoms with Crippen molar-refractivity contribution >= 4 is 17.2 Å². The molecule has 3 N–H and O–H groups in total. The second-order valence-corrected chi connectivity index (χ2v) is 5.26. The van der Waals surface area contributed by atoms with Crippen LogP contribution in [0.25, 0.3) is 0 Å². The molecule has 4 nitrogen and oxygen atoms in total. The lowest BCUT2D eigenvalue weighted by Crippen LogP contribution is -2.19. The van der Waals surface area contributed by atoms with Gasteiger partial charge in [-0.25, -0.2) is 0 Å². The van der Waals surface area contributed by atoms with E-state index in [-0.39, 0.29) is 5.91 Å².